The molecule has 1 unspecified atom stereocenters. The molecule has 178 valence electrons. The first-order valence-corrected chi connectivity index (χ1v) is 12.4. The number of fused-ring (bicyclic) bond motifs is 3. The highest BCUT2D eigenvalue weighted by Gasteiger charge is 2.45. The zero-order chi connectivity index (χ0) is 24.1. The molecule has 8 nitrogen and oxygen atoms in total. The summed E-state index contributed by atoms with van der Waals surface area (Å²) < 4.78 is 2.21. The summed E-state index contributed by atoms with van der Waals surface area (Å²) in [6.45, 7) is 6.00. The van der Waals surface area contributed by atoms with Crippen LogP contribution in [0.15, 0.2) is 55.4 Å². The number of pyridine rings is 2. The third kappa shape index (κ3) is 3.51. The molecule has 1 spiro atoms. The molecule has 0 bridgehead atoms. The molecule has 0 aromatic carbocycles. The Morgan fingerprint density at radius 3 is 2.83 bits per heavy atom. The Balaban J connectivity index is 1.18. The van der Waals surface area contributed by atoms with E-state index in [0.29, 0.717) is 0 Å². The summed E-state index contributed by atoms with van der Waals surface area (Å²) in [6, 6.07) is 6.41. The molecule has 0 saturated carbocycles. The quantitative estimate of drug-likeness (QED) is 0.388. The van der Waals surface area contributed by atoms with Gasteiger partial charge in [0.1, 0.15) is 11.5 Å². The fraction of sp³-hybridized carbons (Fsp3) is 0.286. The van der Waals surface area contributed by atoms with Crippen molar-refractivity contribution < 1.29 is 0 Å². The Labute approximate surface area is 208 Å². The van der Waals surface area contributed by atoms with Gasteiger partial charge < -0.3 is 9.97 Å². The van der Waals surface area contributed by atoms with Crippen LogP contribution >= 0.6 is 0 Å². The predicted molar refractivity (Wildman–Crippen MR) is 137 cm³/mol. The summed E-state index contributed by atoms with van der Waals surface area (Å²) in [5.41, 5.74) is 7.32. The third-order valence-electron chi connectivity index (χ3n) is 7.68. The Morgan fingerprint density at radius 1 is 1.03 bits per heavy atom. The zero-order valence-electron chi connectivity index (χ0n) is 20.1. The first-order chi connectivity index (χ1) is 17.7. The summed E-state index contributed by atoms with van der Waals surface area (Å²) in [6.07, 6.45) is 13.4. The number of H-pyrrole nitrogens is 2. The van der Waals surface area contributed by atoms with Crippen LogP contribution in [0.3, 0.4) is 0 Å². The van der Waals surface area contributed by atoms with Crippen LogP contribution in [0.4, 0.5) is 0 Å². The monoisotopic (exact) mass is 474 g/mol. The highest BCUT2D eigenvalue weighted by Crippen LogP contribution is 2.44. The highest BCUT2D eigenvalue weighted by atomic mass is 15.3. The molecule has 2 aliphatic heterocycles. The number of hydrogen-bond acceptors (Lipinski definition) is 5. The van der Waals surface area contributed by atoms with Gasteiger partial charge in [-0.05, 0) is 50.1 Å². The minimum Gasteiger partial charge on any atom is -0.348 e. The second-order valence-corrected chi connectivity index (χ2v) is 9.93. The summed E-state index contributed by atoms with van der Waals surface area (Å²) >= 11 is 0. The number of rotatable bonds is 3. The van der Waals surface area contributed by atoms with Crippen LogP contribution in [0.25, 0.3) is 22.3 Å². The van der Waals surface area contributed by atoms with Gasteiger partial charge in [-0.15, -0.1) is 0 Å². The van der Waals surface area contributed by atoms with Gasteiger partial charge in [0.25, 0.3) is 0 Å². The van der Waals surface area contributed by atoms with Gasteiger partial charge in [-0.3, -0.25) is 14.6 Å². The molecule has 0 radical (unpaired) electrons. The molecule has 7 heterocycles. The molecule has 1 atom stereocenters. The van der Waals surface area contributed by atoms with Crippen molar-refractivity contribution in [1.29, 1.82) is 0 Å². The first kappa shape index (κ1) is 21.1. The van der Waals surface area contributed by atoms with Crippen molar-refractivity contribution in [2.45, 2.75) is 38.3 Å². The molecule has 2 aliphatic rings. The lowest BCUT2D eigenvalue weighted by atomic mass is 9.82. The fourth-order valence-corrected chi connectivity index (χ4v) is 5.68. The lowest BCUT2D eigenvalue weighted by Gasteiger charge is -2.23. The SMILES string of the molecule is Cc1ccncc1C#Cc1c[nH]c2ncc(-c3cc4n(n3)CCC43CCN(Cc4ncc[nH]4)C3)cc12. The average molecular weight is 475 g/mol. The maximum Gasteiger partial charge on any atom is 0.138 e. The molecule has 1 fully saturated rings. The van der Waals surface area contributed by atoms with Crippen molar-refractivity contribution >= 4 is 11.0 Å². The molecular weight excluding hydrogens is 448 g/mol. The molecule has 5 aromatic rings. The molecule has 1 saturated heterocycles. The predicted octanol–water partition coefficient (Wildman–Crippen LogP) is 3.80. The average Bonchev–Trinajstić information content (AvgIpc) is 3.71. The number of imidazole rings is 1. The van der Waals surface area contributed by atoms with Crippen molar-refractivity contribution in [3.63, 3.8) is 0 Å². The van der Waals surface area contributed by atoms with Crippen LogP contribution < -0.4 is 0 Å². The van der Waals surface area contributed by atoms with E-state index in [1.807, 2.05) is 44.0 Å². The molecule has 2 N–H and O–H groups in total. The maximum atomic E-state index is 4.99. The molecule has 0 aliphatic carbocycles. The van der Waals surface area contributed by atoms with E-state index in [0.717, 1.165) is 83.8 Å². The number of hydrogen-bond donors (Lipinski definition) is 2. The second-order valence-electron chi connectivity index (χ2n) is 9.93. The van der Waals surface area contributed by atoms with Gasteiger partial charge in [0, 0.05) is 77.9 Å². The Hall–Kier alpha value is -4.22. The van der Waals surface area contributed by atoms with Crippen molar-refractivity contribution in [3.8, 4) is 23.1 Å². The molecule has 36 heavy (non-hydrogen) atoms. The topological polar surface area (TPSA) is 91.3 Å². The van der Waals surface area contributed by atoms with Crippen molar-refractivity contribution in [2.75, 3.05) is 13.1 Å². The normalized spacial score (nSPS) is 19.1. The van der Waals surface area contributed by atoms with Gasteiger partial charge >= 0.3 is 0 Å². The fourth-order valence-electron chi connectivity index (χ4n) is 5.68. The largest absolute Gasteiger partial charge is 0.348 e. The van der Waals surface area contributed by atoms with E-state index in [2.05, 4.69) is 58.5 Å². The van der Waals surface area contributed by atoms with Crippen LogP contribution in [-0.2, 0) is 18.5 Å². The van der Waals surface area contributed by atoms with Crippen molar-refractivity contribution in [1.82, 2.24) is 39.6 Å². The third-order valence-corrected chi connectivity index (χ3v) is 7.68. The van der Waals surface area contributed by atoms with Gasteiger partial charge in [0.05, 0.1) is 17.8 Å². The van der Waals surface area contributed by atoms with Crippen LogP contribution in [0, 0.1) is 18.8 Å². The Morgan fingerprint density at radius 2 is 1.94 bits per heavy atom. The molecule has 5 aromatic heterocycles. The van der Waals surface area contributed by atoms with Crippen LogP contribution in [0.2, 0.25) is 0 Å². The Bertz CT molecular complexity index is 1630. The minimum absolute atomic E-state index is 0.168. The number of aromatic amines is 2. The van der Waals surface area contributed by atoms with Gasteiger partial charge in [-0.1, -0.05) is 11.8 Å². The molecule has 7 rings (SSSR count). The first-order valence-electron chi connectivity index (χ1n) is 12.4. The van der Waals surface area contributed by atoms with E-state index in [9.17, 15) is 0 Å². The summed E-state index contributed by atoms with van der Waals surface area (Å²) in [7, 11) is 0. The van der Waals surface area contributed by atoms with Crippen LogP contribution in [0.1, 0.15) is 41.1 Å². The number of aryl methyl sites for hydroxylation is 2. The lowest BCUT2D eigenvalue weighted by Crippen LogP contribution is -2.29. The zero-order valence-corrected chi connectivity index (χ0v) is 20.1. The molecule has 0 amide bonds. The molecular formula is C28H26N8. The summed E-state index contributed by atoms with van der Waals surface area (Å²) in [5, 5.41) is 6.00. The highest BCUT2D eigenvalue weighted by molar-refractivity contribution is 5.86. The minimum atomic E-state index is 0.168. The van der Waals surface area contributed by atoms with Gasteiger partial charge in [-0.25, -0.2) is 9.97 Å². The summed E-state index contributed by atoms with van der Waals surface area (Å²) in [5.74, 6) is 7.59. The van der Waals surface area contributed by atoms with Gasteiger partial charge in [0.15, 0.2) is 0 Å². The maximum absolute atomic E-state index is 4.99. The van der Waals surface area contributed by atoms with Crippen molar-refractivity contribution in [3.05, 3.63) is 83.6 Å². The van der Waals surface area contributed by atoms with Gasteiger partial charge in [-0.2, -0.15) is 5.10 Å². The second kappa shape index (κ2) is 8.18. The Kier molecular flexibility index (Phi) is 4.79. The van der Waals surface area contributed by atoms with E-state index in [1.54, 1.807) is 6.20 Å². The number of nitrogens with one attached hydrogen (secondary N) is 2. The lowest BCUT2D eigenvalue weighted by molar-refractivity contribution is 0.295. The van der Waals surface area contributed by atoms with Gasteiger partial charge in [0.2, 0.25) is 0 Å². The smallest absolute Gasteiger partial charge is 0.138 e. The number of nitrogens with zero attached hydrogens (tertiary/aromatic N) is 6. The van der Waals surface area contributed by atoms with E-state index in [4.69, 9.17) is 5.10 Å². The number of likely N-dealkylation sites (tertiary alicyclic amines) is 1. The summed E-state index contributed by atoms with van der Waals surface area (Å²) in [4.78, 5) is 22.3. The standard InChI is InChI=1S/C28H26N8/c1-19-4-7-29-14-20(19)2-3-21-15-32-27-23(21)12-22(16-33-27)24-13-25-28(6-11-36(25)34-24)5-10-35(18-28)17-26-30-8-9-31-26/h4,7-9,12-16H,5-6,10-11,17-18H2,1H3,(H,30,31)(H,32,33). The molecule has 8 heteroatoms. The van der Waals surface area contributed by atoms with Crippen LogP contribution in [0.5, 0.6) is 0 Å². The number of aromatic nitrogens is 7. The van der Waals surface area contributed by atoms with E-state index in [1.165, 1.54) is 5.69 Å². The van der Waals surface area contributed by atoms with E-state index in [-0.39, 0.29) is 5.41 Å². The van der Waals surface area contributed by atoms with Crippen molar-refractivity contribution in [2.24, 2.45) is 0 Å². The van der Waals surface area contributed by atoms with E-state index < -0.39 is 0 Å². The van der Waals surface area contributed by atoms with E-state index >= 15 is 0 Å². The van der Waals surface area contributed by atoms with Crippen LogP contribution in [-0.4, -0.2) is 52.7 Å².